The Hall–Kier alpha value is -3.41. The van der Waals surface area contributed by atoms with Crippen LogP contribution in [0.25, 0.3) is 11.3 Å². The highest BCUT2D eigenvalue weighted by Crippen LogP contribution is 2.29. The molecule has 3 aromatic rings. The molecule has 6 heteroatoms. The van der Waals surface area contributed by atoms with Crippen LogP contribution in [0.5, 0.6) is 5.75 Å². The average molecular weight is 349 g/mol. The van der Waals surface area contributed by atoms with E-state index in [1.807, 2.05) is 44.2 Å². The van der Waals surface area contributed by atoms with Crippen LogP contribution in [-0.4, -0.2) is 28.2 Å². The van der Waals surface area contributed by atoms with Crippen molar-refractivity contribution in [3.63, 3.8) is 0 Å². The fourth-order valence-corrected chi connectivity index (χ4v) is 2.52. The molecule has 0 saturated carbocycles. The number of rotatable bonds is 4. The number of anilines is 2. The molecule has 0 aliphatic heterocycles. The molecule has 0 saturated heterocycles. The Morgan fingerprint density at radius 2 is 1.77 bits per heavy atom. The summed E-state index contributed by atoms with van der Waals surface area (Å²) >= 11 is 0. The molecule has 2 aromatic carbocycles. The highest BCUT2D eigenvalue weighted by atomic mass is 16.5. The van der Waals surface area contributed by atoms with Crippen molar-refractivity contribution in [2.75, 3.05) is 12.4 Å². The van der Waals surface area contributed by atoms with Crippen molar-refractivity contribution in [2.24, 2.45) is 0 Å². The van der Waals surface area contributed by atoms with Crippen molar-refractivity contribution in [2.45, 2.75) is 13.8 Å². The average Bonchev–Trinajstić information content (AvgIpc) is 2.63. The monoisotopic (exact) mass is 349 g/mol. The molecular weight excluding hydrogens is 330 g/mol. The standard InChI is InChI=1S/C20H19N3O3/c1-12-4-6-14(7-5-12)17-11-19(22-13(2)21-17)23-16-9-8-15(10-18(16)24)20(25)26-3/h4-11,24H,1-3H3,(H,21,22,23). The Bertz CT molecular complexity index is 953. The third-order valence-corrected chi connectivity index (χ3v) is 3.87. The molecule has 0 aliphatic carbocycles. The van der Waals surface area contributed by atoms with Crippen molar-refractivity contribution < 1.29 is 14.6 Å². The summed E-state index contributed by atoms with van der Waals surface area (Å²) in [5.74, 6) is 0.581. The molecule has 0 radical (unpaired) electrons. The molecule has 0 atom stereocenters. The van der Waals surface area contributed by atoms with E-state index in [1.165, 1.54) is 18.7 Å². The molecule has 1 heterocycles. The number of carbonyl (C=O) groups excluding carboxylic acids is 1. The second-order valence-corrected chi connectivity index (χ2v) is 5.90. The Kier molecular flexibility index (Phi) is 4.84. The first-order valence-corrected chi connectivity index (χ1v) is 8.07. The third-order valence-electron chi connectivity index (χ3n) is 3.87. The normalized spacial score (nSPS) is 10.4. The molecule has 0 spiro atoms. The second-order valence-electron chi connectivity index (χ2n) is 5.90. The fraction of sp³-hybridized carbons (Fsp3) is 0.150. The molecule has 2 N–H and O–H groups in total. The molecule has 26 heavy (non-hydrogen) atoms. The summed E-state index contributed by atoms with van der Waals surface area (Å²) in [5, 5.41) is 13.2. The Morgan fingerprint density at radius 3 is 2.42 bits per heavy atom. The lowest BCUT2D eigenvalue weighted by Gasteiger charge is -2.11. The SMILES string of the molecule is COC(=O)c1ccc(Nc2cc(-c3ccc(C)cc3)nc(C)n2)c(O)c1. The van der Waals surface area contributed by atoms with Crippen molar-refractivity contribution in [3.8, 4) is 17.0 Å². The van der Waals surface area contributed by atoms with E-state index in [0.717, 1.165) is 11.3 Å². The van der Waals surface area contributed by atoms with Crippen LogP contribution in [0.4, 0.5) is 11.5 Å². The molecule has 0 bridgehead atoms. The van der Waals surface area contributed by atoms with E-state index < -0.39 is 5.97 Å². The van der Waals surface area contributed by atoms with Gasteiger partial charge in [-0.05, 0) is 32.0 Å². The zero-order chi connectivity index (χ0) is 18.7. The lowest BCUT2D eigenvalue weighted by molar-refractivity contribution is 0.0600. The predicted octanol–water partition coefficient (Wildman–Crippen LogP) is 4.00. The number of aryl methyl sites for hydroxylation is 2. The number of methoxy groups -OCH3 is 1. The second kappa shape index (κ2) is 7.23. The summed E-state index contributed by atoms with van der Waals surface area (Å²) in [7, 11) is 1.29. The Labute approximate surface area is 151 Å². The number of benzene rings is 2. The van der Waals surface area contributed by atoms with Crippen molar-refractivity contribution in [1.82, 2.24) is 9.97 Å². The molecule has 132 valence electrons. The Morgan fingerprint density at radius 1 is 1.04 bits per heavy atom. The maximum atomic E-state index is 11.5. The number of aromatic hydroxyl groups is 1. The maximum Gasteiger partial charge on any atom is 0.337 e. The third kappa shape index (κ3) is 3.80. The number of hydrogen-bond acceptors (Lipinski definition) is 6. The summed E-state index contributed by atoms with van der Waals surface area (Å²) in [6.45, 7) is 3.84. The van der Waals surface area contributed by atoms with Gasteiger partial charge in [0, 0.05) is 11.6 Å². The molecule has 6 nitrogen and oxygen atoms in total. The fourth-order valence-electron chi connectivity index (χ4n) is 2.52. The number of ether oxygens (including phenoxy) is 1. The first-order chi connectivity index (χ1) is 12.5. The van der Waals surface area contributed by atoms with Gasteiger partial charge in [0.25, 0.3) is 0 Å². The lowest BCUT2D eigenvalue weighted by atomic mass is 10.1. The maximum absolute atomic E-state index is 11.5. The zero-order valence-corrected chi connectivity index (χ0v) is 14.8. The highest BCUT2D eigenvalue weighted by molar-refractivity contribution is 5.90. The van der Waals surface area contributed by atoms with Crippen LogP contribution in [0, 0.1) is 13.8 Å². The molecule has 0 fully saturated rings. The van der Waals surface area contributed by atoms with Crippen molar-refractivity contribution >= 4 is 17.5 Å². The first-order valence-electron chi connectivity index (χ1n) is 8.07. The van der Waals surface area contributed by atoms with E-state index in [-0.39, 0.29) is 11.3 Å². The van der Waals surface area contributed by atoms with E-state index in [0.29, 0.717) is 17.3 Å². The largest absolute Gasteiger partial charge is 0.506 e. The van der Waals surface area contributed by atoms with Crippen LogP contribution < -0.4 is 5.32 Å². The smallest absolute Gasteiger partial charge is 0.337 e. The molecular formula is C20H19N3O3. The summed E-state index contributed by atoms with van der Waals surface area (Å²) in [6, 6.07) is 14.4. The minimum Gasteiger partial charge on any atom is -0.506 e. The molecule has 0 amide bonds. The van der Waals surface area contributed by atoms with Crippen LogP contribution in [0.2, 0.25) is 0 Å². The Balaban J connectivity index is 1.91. The number of carbonyl (C=O) groups is 1. The molecule has 1 aromatic heterocycles. The number of hydrogen-bond donors (Lipinski definition) is 2. The van der Waals surface area contributed by atoms with E-state index in [9.17, 15) is 9.90 Å². The van der Waals surface area contributed by atoms with E-state index in [1.54, 1.807) is 12.1 Å². The van der Waals surface area contributed by atoms with Crippen LogP contribution >= 0.6 is 0 Å². The van der Waals surface area contributed by atoms with Gasteiger partial charge in [0.05, 0.1) is 24.1 Å². The van der Waals surface area contributed by atoms with Gasteiger partial charge in [-0.3, -0.25) is 0 Å². The van der Waals surface area contributed by atoms with Gasteiger partial charge in [0.15, 0.2) is 0 Å². The van der Waals surface area contributed by atoms with E-state index in [2.05, 4.69) is 20.0 Å². The lowest BCUT2D eigenvalue weighted by Crippen LogP contribution is -2.02. The van der Waals surface area contributed by atoms with Gasteiger partial charge in [0.2, 0.25) is 0 Å². The summed E-state index contributed by atoms with van der Waals surface area (Å²) < 4.78 is 4.65. The van der Waals surface area contributed by atoms with Crippen LogP contribution in [0.1, 0.15) is 21.7 Å². The molecule has 0 aliphatic rings. The molecule has 3 rings (SSSR count). The van der Waals surface area contributed by atoms with Gasteiger partial charge < -0.3 is 15.2 Å². The number of phenols is 1. The van der Waals surface area contributed by atoms with Gasteiger partial charge >= 0.3 is 5.97 Å². The zero-order valence-electron chi connectivity index (χ0n) is 14.8. The number of nitrogens with zero attached hydrogens (tertiary/aromatic N) is 2. The van der Waals surface area contributed by atoms with Gasteiger partial charge in [0.1, 0.15) is 17.4 Å². The number of esters is 1. The van der Waals surface area contributed by atoms with E-state index in [4.69, 9.17) is 0 Å². The van der Waals surface area contributed by atoms with Gasteiger partial charge in [-0.25, -0.2) is 14.8 Å². The molecule has 0 unspecified atom stereocenters. The highest BCUT2D eigenvalue weighted by Gasteiger charge is 2.11. The minimum atomic E-state index is -0.508. The van der Waals surface area contributed by atoms with Gasteiger partial charge in [-0.1, -0.05) is 29.8 Å². The number of aromatic nitrogens is 2. The van der Waals surface area contributed by atoms with Crippen LogP contribution in [-0.2, 0) is 4.74 Å². The number of nitrogens with one attached hydrogen (secondary N) is 1. The summed E-state index contributed by atoms with van der Waals surface area (Å²) in [5.41, 5.74) is 3.65. The van der Waals surface area contributed by atoms with Crippen molar-refractivity contribution in [1.29, 1.82) is 0 Å². The number of phenolic OH excluding ortho intramolecular Hbond substituents is 1. The van der Waals surface area contributed by atoms with Crippen molar-refractivity contribution in [3.05, 3.63) is 65.5 Å². The van der Waals surface area contributed by atoms with E-state index >= 15 is 0 Å². The first kappa shape index (κ1) is 17.4. The minimum absolute atomic E-state index is 0.0685. The van der Waals surface area contributed by atoms with Gasteiger partial charge in [-0.15, -0.1) is 0 Å². The topological polar surface area (TPSA) is 84.3 Å². The summed E-state index contributed by atoms with van der Waals surface area (Å²) in [6.07, 6.45) is 0. The predicted molar refractivity (Wildman–Crippen MR) is 99.7 cm³/mol. The van der Waals surface area contributed by atoms with Gasteiger partial charge in [-0.2, -0.15) is 0 Å². The quantitative estimate of drug-likeness (QED) is 0.547. The van der Waals surface area contributed by atoms with Crippen LogP contribution in [0.3, 0.4) is 0 Å². The summed E-state index contributed by atoms with van der Waals surface area (Å²) in [4.78, 5) is 20.4. The van der Waals surface area contributed by atoms with Crippen LogP contribution in [0.15, 0.2) is 48.5 Å².